The minimum Gasteiger partial charge on any atom is -0.507 e. The van der Waals surface area contributed by atoms with Crippen molar-refractivity contribution in [3.8, 4) is 11.5 Å². The number of methoxy groups -OCH3 is 1. The van der Waals surface area contributed by atoms with Crippen LogP contribution in [0.1, 0.15) is 29.6 Å². The Morgan fingerprint density at radius 3 is 2.79 bits per heavy atom. The van der Waals surface area contributed by atoms with Crippen LogP contribution in [0.25, 0.3) is 0 Å². The highest BCUT2D eigenvalue weighted by molar-refractivity contribution is 7.98. The molecule has 1 aromatic rings. The van der Waals surface area contributed by atoms with Crippen molar-refractivity contribution in [1.82, 2.24) is 5.32 Å². The molecule has 0 aromatic heterocycles. The lowest BCUT2D eigenvalue weighted by molar-refractivity contribution is 0.0950. The van der Waals surface area contributed by atoms with Gasteiger partial charge in [0, 0.05) is 12.6 Å². The summed E-state index contributed by atoms with van der Waals surface area (Å²) in [5.41, 5.74) is 0.282. The van der Waals surface area contributed by atoms with Crippen molar-refractivity contribution in [2.45, 2.75) is 19.3 Å². The van der Waals surface area contributed by atoms with Crippen molar-refractivity contribution in [3.63, 3.8) is 0 Å². The maximum absolute atomic E-state index is 11.8. The van der Waals surface area contributed by atoms with Gasteiger partial charge in [-0.25, -0.2) is 0 Å². The van der Waals surface area contributed by atoms with E-state index in [1.54, 1.807) is 12.1 Å². The number of hydrogen-bond acceptors (Lipinski definition) is 4. The average molecular weight is 283 g/mol. The molecule has 1 amide bonds. The first-order valence-corrected chi connectivity index (χ1v) is 7.72. The number of nitrogens with one attached hydrogen (secondary N) is 1. The number of carbonyl (C=O) groups excluding carboxylic acids is 1. The number of carbonyl (C=O) groups is 1. The van der Waals surface area contributed by atoms with Crippen molar-refractivity contribution in [2.75, 3.05) is 25.7 Å². The summed E-state index contributed by atoms with van der Waals surface area (Å²) in [6.45, 7) is 0.638. The summed E-state index contributed by atoms with van der Waals surface area (Å²) in [6, 6.07) is 4.66. The molecule has 0 heterocycles. The summed E-state index contributed by atoms with van der Waals surface area (Å²) < 4.78 is 4.97. The van der Waals surface area contributed by atoms with Crippen LogP contribution < -0.4 is 10.1 Å². The molecule has 19 heavy (non-hydrogen) atoms. The van der Waals surface area contributed by atoms with Crippen molar-refractivity contribution in [3.05, 3.63) is 23.8 Å². The summed E-state index contributed by atoms with van der Waals surface area (Å²) >= 11 is 1.84. The Bertz CT molecular complexity index is 410. The number of ether oxygens (including phenoxy) is 1. The Hall–Kier alpha value is -1.36. The first-order valence-electron chi connectivity index (χ1n) is 6.33. The van der Waals surface area contributed by atoms with E-state index in [1.807, 2.05) is 11.8 Å². The second kappa shape index (κ2) is 8.69. The standard InChI is InChI=1S/C14H21NO3S/c1-18-11-6-7-12(13(16)10-11)14(17)15-8-4-3-5-9-19-2/h6-7,10,16H,3-5,8-9H2,1-2H3,(H,15,17). The normalized spacial score (nSPS) is 10.2. The molecule has 4 nitrogen and oxygen atoms in total. The first kappa shape index (κ1) is 15.7. The third-order valence-electron chi connectivity index (χ3n) is 2.76. The number of rotatable bonds is 8. The number of aromatic hydroxyl groups is 1. The molecule has 0 fully saturated rings. The van der Waals surface area contributed by atoms with Gasteiger partial charge < -0.3 is 15.2 Å². The maximum Gasteiger partial charge on any atom is 0.255 e. The second-order valence-electron chi connectivity index (χ2n) is 4.19. The van der Waals surface area contributed by atoms with Gasteiger partial charge >= 0.3 is 0 Å². The summed E-state index contributed by atoms with van der Waals surface area (Å²) in [4.78, 5) is 11.8. The fourth-order valence-corrected chi connectivity index (χ4v) is 2.17. The highest BCUT2D eigenvalue weighted by atomic mass is 32.2. The maximum atomic E-state index is 11.8. The van der Waals surface area contributed by atoms with Crippen molar-refractivity contribution in [2.24, 2.45) is 0 Å². The Labute approximate surface area is 118 Å². The SMILES string of the molecule is COc1ccc(C(=O)NCCCCCSC)c(O)c1. The third kappa shape index (κ3) is 5.42. The zero-order valence-electron chi connectivity index (χ0n) is 11.4. The van der Waals surface area contributed by atoms with E-state index in [1.165, 1.54) is 19.6 Å². The molecule has 0 spiro atoms. The van der Waals surface area contributed by atoms with Crippen molar-refractivity contribution < 1.29 is 14.6 Å². The first-order chi connectivity index (χ1) is 9.19. The molecule has 0 saturated carbocycles. The fourth-order valence-electron chi connectivity index (χ4n) is 1.68. The number of unbranched alkanes of at least 4 members (excludes halogenated alkanes) is 2. The van der Waals surface area contributed by atoms with Gasteiger partial charge in [-0.2, -0.15) is 11.8 Å². The molecular formula is C14H21NO3S. The van der Waals surface area contributed by atoms with Gasteiger partial charge in [0.05, 0.1) is 12.7 Å². The Morgan fingerprint density at radius 1 is 1.37 bits per heavy atom. The number of phenols is 1. The zero-order valence-corrected chi connectivity index (χ0v) is 12.3. The van der Waals surface area contributed by atoms with Crippen LogP contribution in [0.4, 0.5) is 0 Å². The van der Waals surface area contributed by atoms with Crippen molar-refractivity contribution >= 4 is 17.7 Å². The van der Waals surface area contributed by atoms with Crippen LogP contribution in [0, 0.1) is 0 Å². The van der Waals surface area contributed by atoms with Crippen LogP contribution in [0.3, 0.4) is 0 Å². The van der Waals surface area contributed by atoms with E-state index in [-0.39, 0.29) is 17.2 Å². The molecule has 106 valence electrons. The average Bonchev–Trinajstić information content (AvgIpc) is 2.42. The predicted molar refractivity (Wildman–Crippen MR) is 79.2 cm³/mol. The van der Waals surface area contributed by atoms with Gasteiger partial charge in [0.2, 0.25) is 0 Å². The van der Waals surface area contributed by atoms with Gasteiger partial charge in [0.15, 0.2) is 0 Å². The lowest BCUT2D eigenvalue weighted by Crippen LogP contribution is -2.24. The van der Waals surface area contributed by atoms with E-state index in [4.69, 9.17) is 4.74 Å². The highest BCUT2D eigenvalue weighted by Crippen LogP contribution is 2.23. The number of hydrogen-bond donors (Lipinski definition) is 2. The molecule has 2 N–H and O–H groups in total. The summed E-state index contributed by atoms with van der Waals surface area (Å²) in [5, 5.41) is 12.5. The molecule has 0 saturated heterocycles. The highest BCUT2D eigenvalue weighted by Gasteiger charge is 2.11. The molecule has 0 unspecified atom stereocenters. The van der Waals surface area contributed by atoms with Gasteiger partial charge in [0.1, 0.15) is 11.5 Å². The Balaban J connectivity index is 2.37. The van der Waals surface area contributed by atoms with Crippen LogP contribution >= 0.6 is 11.8 Å². The van der Waals surface area contributed by atoms with Crippen LogP contribution in [-0.2, 0) is 0 Å². The fraction of sp³-hybridized carbons (Fsp3) is 0.500. The van der Waals surface area contributed by atoms with Crippen LogP contribution in [0.2, 0.25) is 0 Å². The molecule has 0 aliphatic rings. The molecular weight excluding hydrogens is 262 g/mol. The molecule has 5 heteroatoms. The quantitative estimate of drug-likeness (QED) is 0.720. The minimum atomic E-state index is -0.245. The lowest BCUT2D eigenvalue weighted by atomic mass is 10.1. The second-order valence-corrected chi connectivity index (χ2v) is 5.18. The Morgan fingerprint density at radius 2 is 2.16 bits per heavy atom. The molecule has 0 radical (unpaired) electrons. The summed E-state index contributed by atoms with van der Waals surface area (Å²) in [7, 11) is 1.52. The minimum absolute atomic E-state index is 0.0563. The van der Waals surface area contributed by atoms with Gasteiger partial charge in [-0.1, -0.05) is 6.42 Å². The van der Waals surface area contributed by atoms with E-state index >= 15 is 0 Å². The summed E-state index contributed by atoms with van der Waals surface area (Å²) in [6.07, 6.45) is 5.33. The smallest absolute Gasteiger partial charge is 0.255 e. The van der Waals surface area contributed by atoms with Gasteiger partial charge in [-0.3, -0.25) is 4.79 Å². The number of phenolic OH excluding ortho intramolecular Hbond substituents is 1. The third-order valence-corrected chi connectivity index (χ3v) is 3.46. The van der Waals surface area contributed by atoms with Crippen LogP contribution in [0.5, 0.6) is 11.5 Å². The predicted octanol–water partition coefficient (Wildman–Crippen LogP) is 2.66. The van der Waals surface area contributed by atoms with E-state index in [0.29, 0.717) is 12.3 Å². The number of benzene rings is 1. The van der Waals surface area contributed by atoms with Crippen molar-refractivity contribution in [1.29, 1.82) is 0 Å². The Kier molecular flexibility index (Phi) is 7.18. The van der Waals surface area contributed by atoms with E-state index in [0.717, 1.165) is 18.6 Å². The van der Waals surface area contributed by atoms with E-state index < -0.39 is 0 Å². The topological polar surface area (TPSA) is 58.6 Å². The molecule has 1 aromatic carbocycles. The monoisotopic (exact) mass is 283 g/mol. The molecule has 0 bridgehead atoms. The van der Waals surface area contributed by atoms with Crippen LogP contribution in [-0.4, -0.2) is 36.7 Å². The van der Waals surface area contributed by atoms with Gasteiger partial charge in [-0.15, -0.1) is 0 Å². The van der Waals surface area contributed by atoms with E-state index in [2.05, 4.69) is 11.6 Å². The molecule has 0 aliphatic carbocycles. The molecule has 0 aliphatic heterocycles. The van der Waals surface area contributed by atoms with Gasteiger partial charge in [-0.05, 0) is 37.0 Å². The van der Waals surface area contributed by atoms with Crippen LogP contribution in [0.15, 0.2) is 18.2 Å². The van der Waals surface area contributed by atoms with Gasteiger partial charge in [0.25, 0.3) is 5.91 Å². The molecule has 0 atom stereocenters. The molecule has 1 rings (SSSR count). The zero-order chi connectivity index (χ0) is 14.1. The summed E-state index contributed by atoms with van der Waals surface area (Å²) in [5.74, 6) is 1.39. The lowest BCUT2D eigenvalue weighted by Gasteiger charge is -2.08. The number of amides is 1. The largest absolute Gasteiger partial charge is 0.507 e. The van der Waals surface area contributed by atoms with E-state index in [9.17, 15) is 9.90 Å². The number of thioether (sulfide) groups is 1.